The Kier molecular flexibility index (Phi) is 18.3. The van der Waals surface area contributed by atoms with Crippen molar-refractivity contribution in [3.8, 4) is 10.6 Å². The first-order valence-corrected chi connectivity index (χ1v) is 18.2. The van der Waals surface area contributed by atoms with Crippen molar-refractivity contribution in [1.29, 1.82) is 0 Å². The van der Waals surface area contributed by atoms with Gasteiger partial charge in [-0.05, 0) is 106 Å². The van der Waals surface area contributed by atoms with Crippen LogP contribution in [0.25, 0.3) is 20.8 Å². The molecule has 0 atom stereocenters. The molecule has 1 aromatic carbocycles. The summed E-state index contributed by atoms with van der Waals surface area (Å²) in [6.07, 6.45) is 7.49. The van der Waals surface area contributed by atoms with Crippen molar-refractivity contribution >= 4 is 45.5 Å². The lowest BCUT2D eigenvalue weighted by atomic mass is 10.0. The predicted molar refractivity (Wildman–Crippen MR) is 207 cm³/mol. The molecule has 0 bridgehead atoms. The number of nitrogens with zero attached hydrogens (tertiary/aromatic N) is 3. The Hall–Kier alpha value is -4.19. The Morgan fingerprint density at radius 1 is 1.02 bits per heavy atom. The SMILES string of the molecule is CC=O.CCC(CC)NC(=O)CO.CCc1ccc(-c2cc3nccc(C(C)C)c3s2)nc1.Cc1ccc(NC(=O)NC2CN(C)C2)cc1C. The number of thiophene rings is 1. The van der Waals surface area contributed by atoms with Crippen molar-refractivity contribution in [2.45, 2.75) is 92.7 Å². The summed E-state index contributed by atoms with van der Waals surface area (Å²) in [6, 6.07) is 14.9. The number of hydrogen-bond acceptors (Lipinski definition) is 8. The van der Waals surface area contributed by atoms with Crippen LogP contribution in [-0.4, -0.2) is 77.0 Å². The number of anilines is 1. The van der Waals surface area contributed by atoms with Crippen molar-refractivity contribution in [3.05, 3.63) is 77.1 Å². The van der Waals surface area contributed by atoms with Gasteiger partial charge < -0.3 is 30.8 Å². The van der Waals surface area contributed by atoms with Gasteiger partial charge in [0.2, 0.25) is 5.91 Å². The number of likely N-dealkylation sites (tertiary alicyclic amines) is 1. The Labute approximate surface area is 302 Å². The highest BCUT2D eigenvalue weighted by Gasteiger charge is 2.24. The topological polar surface area (TPSA) is 137 Å². The van der Waals surface area contributed by atoms with Gasteiger partial charge >= 0.3 is 6.03 Å². The number of aldehydes is 1. The van der Waals surface area contributed by atoms with E-state index in [0.29, 0.717) is 5.92 Å². The predicted octanol–water partition coefficient (Wildman–Crippen LogP) is 7.27. The standard InChI is InChI=1S/C17H18N2S.C13H19N3O.C7H15NO2.C2H4O/c1-4-12-5-6-14(19-10-12)16-9-15-17(20-16)13(11(2)3)7-8-18-15;1-9-4-5-11(6-10(9)2)14-13(17)15-12-7-16(3)8-12;1-3-6(4-2)8-7(10)5-9;1-2-3/h5-11H,4H2,1-3H3;4-6,12H,7-8H2,1-3H3,(H2,14,15,17);6,9H,3-5H2,1-2H3,(H,8,10);2H,1H3. The Bertz CT molecular complexity index is 1630. The number of pyridine rings is 2. The average molecular weight is 705 g/mol. The molecule has 0 spiro atoms. The van der Waals surface area contributed by atoms with Gasteiger partial charge in [-0.2, -0.15) is 0 Å². The van der Waals surface area contributed by atoms with Crippen molar-refractivity contribution in [2.24, 2.45) is 0 Å². The number of fused-ring (bicyclic) bond motifs is 1. The number of rotatable bonds is 9. The summed E-state index contributed by atoms with van der Waals surface area (Å²) in [7, 11) is 2.04. The number of likely N-dealkylation sites (N-methyl/N-ethyl adjacent to an activating group) is 1. The van der Waals surface area contributed by atoms with Gasteiger partial charge in [0.05, 0.1) is 26.8 Å². The van der Waals surface area contributed by atoms with Crippen LogP contribution in [0.1, 0.15) is 82.6 Å². The van der Waals surface area contributed by atoms with E-state index in [1.807, 2.05) is 58.4 Å². The van der Waals surface area contributed by atoms with E-state index in [1.165, 1.54) is 38.8 Å². The molecule has 0 saturated carbocycles. The minimum absolute atomic E-state index is 0.119. The number of nitrogens with one attached hydrogen (secondary N) is 3. The fourth-order valence-electron chi connectivity index (χ4n) is 5.05. The van der Waals surface area contributed by atoms with E-state index >= 15 is 0 Å². The number of aliphatic hydroxyl groups excluding tert-OH is 1. The summed E-state index contributed by atoms with van der Waals surface area (Å²) in [5.41, 5.74) is 8.03. The molecule has 4 aromatic rings. The number of aromatic nitrogens is 2. The molecule has 1 aliphatic rings. The highest BCUT2D eigenvalue weighted by molar-refractivity contribution is 7.22. The number of aliphatic hydroxyl groups is 1. The largest absolute Gasteiger partial charge is 0.387 e. The normalized spacial score (nSPS) is 12.4. The maximum absolute atomic E-state index is 11.7. The van der Waals surface area contributed by atoms with Gasteiger partial charge in [0.25, 0.3) is 0 Å². The molecular weight excluding hydrogens is 649 g/mol. The highest BCUT2D eigenvalue weighted by Crippen LogP contribution is 2.36. The minimum Gasteiger partial charge on any atom is -0.387 e. The van der Waals surface area contributed by atoms with E-state index in [1.54, 1.807) is 11.3 Å². The van der Waals surface area contributed by atoms with E-state index < -0.39 is 6.61 Å². The molecule has 0 unspecified atom stereocenters. The number of carbonyl (C=O) groups excluding carboxylic acids is 3. The molecule has 0 radical (unpaired) electrons. The monoisotopic (exact) mass is 704 g/mol. The number of urea groups is 1. The molecule has 4 heterocycles. The number of amides is 3. The van der Waals surface area contributed by atoms with Crippen LogP contribution >= 0.6 is 11.3 Å². The average Bonchev–Trinajstić information content (AvgIpc) is 3.53. The van der Waals surface area contributed by atoms with E-state index in [2.05, 4.69) is 82.8 Å². The summed E-state index contributed by atoms with van der Waals surface area (Å²) in [5.74, 6) is 0.233. The summed E-state index contributed by atoms with van der Waals surface area (Å²) in [4.78, 5) is 43.5. The molecule has 50 heavy (non-hydrogen) atoms. The van der Waals surface area contributed by atoms with Gasteiger partial charge in [-0.25, -0.2) is 4.79 Å². The number of aryl methyl sites for hydroxylation is 3. The zero-order chi connectivity index (χ0) is 37.2. The molecule has 3 aromatic heterocycles. The van der Waals surface area contributed by atoms with E-state index in [-0.39, 0.29) is 24.0 Å². The lowest BCUT2D eigenvalue weighted by Gasteiger charge is -2.36. The Balaban J connectivity index is 0.000000263. The zero-order valence-corrected chi connectivity index (χ0v) is 32.0. The van der Waals surface area contributed by atoms with Crippen LogP contribution in [0, 0.1) is 13.8 Å². The zero-order valence-electron chi connectivity index (χ0n) is 31.2. The molecule has 3 amide bonds. The van der Waals surface area contributed by atoms with Gasteiger partial charge in [-0.3, -0.25) is 14.8 Å². The molecule has 10 nitrogen and oxygen atoms in total. The quantitative estimate of drug-likeness (QED) is 0.135. The van der Waals surface area contributed by atoms with Crippen LogP contribution in [0.2, 0.25) is 0 Å². The molecule has 1 aliphatic heterocycles. The minimum atomic E-state index is -0.406. The van der Waals surface area contributed by atoms with Crippen molar-refractivity contribution in [2.75, 3.05) is 32.1 Å². The summed E-state index contributed by atoms with van der Waals surface area (Å²) in [6.45, 7) is 17.6. The second-order valence-corrected chi connectivity index (χ2v) is 13.6. The lowest BCUT2D eigenvalue weighted by molar-refractivity contribution is -0.124. The van der Waals surface area contributed by atoms with Crippen LogP contribution in [0.15, 0.2) is 54.9 Å². The summed E-state index contributed by atoms with van der Waals surface area (Å²) in [5, 5.41) is 16.8. The third-order valence-electron chi connectivity index (χ3n) is 8.21. The molecule has 11 heteroatoms. The smallest absolute Gasteiger partial charge is 0.319 e. The van der Waals surface area contributed by atoms with Crippen LogP contribution in [0.3, 0.4) is 0 Å². The van der Waals surface area contributed by atoms with Gasteiger partial charge in [-0.15, -0.1) is 11.3 Å². The van der Waals surface area contributed by atoms with Gasteiger partial charge in [0, 0.05) is 37.2 Å². The van der Waals surface area contributed by atoms with Crippen molar-refractivity contribution in [3.63, 3.8) is 0 Å². The maximum Gasteiger partial charge on any atom is 0.319 e. The molecule has 5 rings (SSSR count). The highest BCUT2D eigenvalue weighted by atomic mass is 32.1. The van der Waals surface area contributed by atoms with Gasteiger partial charge in [0.15, 0.2) is 0 Å². The summed E-state index contributed by atoms with van der Waals surface area (Å²) >= 11 is 1.79. The molecule has 0 aliphatic carbocycles. The van der Waals surface area contributed by atoms with E-state index in [9.17, 15) is 9.59 Å². The van der Waals surface area contributed by atoms with Gasteiger partial charge in [0.1, 0.15) is 12.9 Å². The molecule has 4 N–H and O–H groups in total. The van der Waals surface area contributed by atoms with Gasteiger partial charge in [-0.1, -0.05) is 46.8 Å². The fourth-order valence-corrected chi connectivity index (χ4v) is 6.30. The fraction of sp³-hybridized carbons (Fsp3) is 0.462. The van der Waals surface area contributed by atoms with E-state index in [4.69, 9.17) is 9.90 Å². The number of benzene rings is 1. The summed E-state index contributed by atoms with van der Waals surface area (Å²) < 4.78 is 1.29. The van der Waals surface area contributed by atoms with Crippen LogP contribution in [0.5, 0.6) is 0 Å². The number of carbonyl (C=O) groups is 3. The molecule has 1 fully saturated rings. The maximum atomic E-state index is 11.7. The third kappa shape index (κ3) is 13.6. The number of hydrogen-bond donors (Lipinski definition) is 4. The van der Waals surface area contributed by atoms with Crippen molar-refractivity contribution < 1.29 is 19.5 Å². The molecule has 1 saturated heterocycles. The Morgan fingerprint density at radius 3 is 2.22 bits per heavy atom. The second-order valence-electron chi connectivity index (χ2n) is 12.6. The molecular formula is C39H56N6O4S. The van der Waals surface area contributed by atoms with Crippen LogP contribution in [0.4, 0.5) is 10.5 Å². The van der Waals surface area contributed by atoms with Crippen LogP contribution < -0.4 is 16.0 Å². The molecule has 272 valence electrons. The Morgan fingerprint density at radius 2 is 1.70 bits per heavy atom. The first kappa shape index (κ1) is 42.0. The van der Waals surface area contributed by atoms with E-state index in [0.717, 1.165) is 55.5 Å². The first-order chi connectivity index (χ1) is 23.9. The van der Waals surface area contributed by atoms with Crippen molar-refractivity contribution in [1.82, 2.24) is 25.5 Å². The third-order valence-corrected chi connectivity index (χ3v) is 9.40. The first-order valence-electron chi connectivity index (χ1n) is 17.4. The van der Waals surface area contributed by atoms with Crippen LogP contribution in [-0.2, 0) is 16.0 Å². The lowest BCUT2D eigenvalue weighted by Crippen LogP contribution is -2.58. The second kappa shape index (κ2) is 21.8.